The SMILES string of the molecule is CC(CN)N(CCS(=O)(=O)c1ccccc1)S(=O)(=O)c1cccc2c(=O)[nH]ccc12. The Kier molecular flexibility index (Phi) is 6.41. The molecule has 1 unspecified atom stereocenters. The molecule has 0 amide bonds. The molecule has 160 valence electrons. The van der Waals surface area contributed by atoms with E-state index in [9.17, 15) is 21.6 Å². The van der Waals surface area contributed by atoms with Crippen molar-refractivity contribution in [2.75, 3.05) is 18.8 Å². The number of H-pyrrole nitrogens is 1. The molecule has 3 aromatic rings. The number of hydrogen-bond acceptors (Lipinski definition) is 6. The number of aromatic amines is 1. The zero-order chi connectivity index (χ0) is 21.9. The lowest BCUT2D eigenvalue weighted by atomic mass is 10.2. The van der Waals surface area contributed by atoms with E-state index in [-0.39, 0.29) is 33.7 Å². The monoisotopic (exact) mass is 449 g/mol. The van der Waals surface area contributed by atoms with Gasteiger partial charge in [0.2, 0.25) is 10.0 Å². The summed E-state index contributed by atoms with van der Waals surface area (Å²) >= 11 is 0. The quantitative estimate of drug-likeness (QED) is 0.534. The van der Waals surface area contributed by atoms with Gasteiger partial charge in [0.1, 0.15) is 0 Å². The number of hydrogen-bond donors (Lipinski definition) is 2. The van der Waals surface area contributed by atoms with Crippen molar-refractivity contribution in [3.8, 4) is 0 Å². The van der Waals surface area contributed by atoms with Crippen LogP contribution >= 0.6 is 0 Å². The van der Waals surface area contributed by atoms with Crippen molar-refractivity contribution in [2.45, 2.75) is 22.8 Å². The van der Waals surface area contributed by atoms with Crippen LogP contribution in [0.5, 0.6) is 0 Å². The zero-order valence-electron chi connectivity index (χ0n) is 16.4. The number of sulfonamides is 1. The molecule has 3 N–H and O–H groups in total. The molecule has 1 heterocycles. The van der Waals surface area contributed by atoms with Crippen LogP contribution in [0.1, 0.15) is 6.92 Å². The molecule has 0 aliphatic rings. The first-order valence-corrected chi connectivity index (χ1v) is 12.4. The van der Waals surface area contributed by atoms with Gasteiger partial charge in [0.15, 0.2) is 9.84 Å². The Bertz CT molecular complexity index is 1300. The maximum atomic E-state index is 13.5. The molecule has 0 aliphatic heterocycles. The van der Waals surface area contributed by atoms with Gasteiger partial charge < -0.3 is 10.7 Å². The fraction of sp³-hybridized carbons (Fsp3) is 0.250. The molecule has 0 radical (unpaired) electrons. The van der Waals surface area contributed by atoms with Crippen molar-refractivity contribution in [3.63, 3.8) is 0 Å². The van der Waals surface area contributed by atoms with E-state index in [1.165, 1.54) is 42.6 Å². The van der Waals surface area contributed by atoms with E-state index in [2.05, 4.69) is 4.98 Å². The van der Waals surface area contributed by atoms with Crippen LogP contribution in [0.3, 0.4) is 0 Å². The molecule has 30 heavy (non-hydrogen) atoms. The van der Waals surface area contributed by atoms with E-state index < -0.39 is 37.2 Å². The van der Waals surface area contributed by atoms with Crippen LogP contribution in [0.2, 0.25) is 0 Å². The third-order valence-electron chi connectivity index (χ3n) is 4.88. The minimum absolute atomic E-state index is 0.00988. The molecule has 8 nitrogen and oxygen atoms in total. The van der Waals surface area contributed by atoms with Crippen molar-refractivity contribution in [1.82, 2.24) is 9.29 Å². The maximum absolute atomic E-state index is 13.5. The van der Waals surface area contributed by atoms with E-state index in [1.54, 1.807) is 25.1 Å². The summed E-state index contributed by atoms with van der Waals surface area (Å²) in [5, 5.41) is 0.497. The molecule has 0 saturated carbocycles. The second kappa shape index (κ2) is 8.68. The predicted molar refractivity (Wildman–Crippen MR) is 115 cm³/mol. The second-order valence-electron chi connectivity index (χ2n) is 6.86. The van der Waals surface area contributed by atoms with Gasteiger partial charge in [0, 0.05) is 36.1 Å². The number of rotatable bonds is 8. The second-order valence-corrected chi connectivity index (χ2v) is 10.8. The highest BCUT2D eigenvalue weighted by Gasteiger charge is 2.31. The maximum Gasteiger partial charge on any atom is 0.255 e. The first kappa shape index (κ1) is 22.2. The van der Waals surface area contributed by atoms with Crippen molar-refractivity contribution in [3.05, 3.63) is 71.1 Å². The van der Waals surface area contributed by atoms with Crippen LogP contribution in [0.25, 0.3) is 10.8 Å². The summed E-state index contributed by atoms with van der Waals surface area (Å²) < 4.78 is 53.4. The Morgan fingerprint density at radius 2 is 1.67 bits per heavy atom. The minimum atomic E-state index is -4.12. The van der Waals surface area contributed by atoms with Crippen molar-refractivity contribution >= 4 is 30.6 Å². The smallest absolute Gasteiger partial charge is 0.255 e. The van der Waals surface area contributed by atoms with Gasteiger partial charge in [0.05, 0.1) is 15.5 Å². The summed E-state index contributed by atoms with van der Waals surface area (Å²) in [6, 6.07) is 13.1. The van der Waals surface area contributed by atoms with Gasteiger partial charge in [0.25, 0.3) is 5.56 Å². The minimum Gasteiger partial charge on any atom is -0.329 e. The highest BCUT2D eigenvalue weighted by atomic mass is 32.2. The van der Waals surface area contributed by atoms with Crippen molar-refractivity contribution in [1.29, 1.82) is 0 Å². The van der Waals surface area contributed by atoms with Crippen LogP contribution in [0.4, 0.5) is 0 Å². The molecule has 0 aliphatic carbocycles. The molecule has 0 spiro atoms. The normalized spacial score (nSPS) is 13.6. The average molecular weight is 450 g/mol. The van der Waals surface area contributed by atoms with Crippen LogP contribution in [-0.2, 0) is 19.9 Å². The van der Waals surface area contributed by atoms with Gasteiger partial charge in [-0.05, 0) is 37.3 Å². The average Bonchev–Trinajstić information content (AvgIpc) is 2.74. The van der Waals surface area contributed by atoms with Gasteiger partial charge in [-0.1, -0.05) is 24.3 Å². The summed E-state index contributed by atoms with van der Waals surface area (Å²) in [6.07, 6.45) is 1.38. The molecule has 0 bridgehead atoms. The third kappa shape index (κ3) is 4.31. The summed E-state index contributed by atoms with van der Waals surface area (Å²) in [5.41, 5.74) is 5.32. The Balaban J connectivity index is 2.02. The predicted octanol–water partition coefficient (Wildman–Crippen LogP) is 1.34. The summed E-state index contributed by atoms with van der Waals surface area (Å²) in [4.78, 5) is 14.6. The lowest BCUT2D eigenvalue weighted by Crippen LogP contribution is -2.45. The number of pyridine rings is 1. The fourth-order valence-corrected chi connectivity index (χ4v) is 6.41. The van der Waals surface area contributed by atoms with E-state index in [0.717, 1.165) is 4.31 Å². The van der Waals surface area contributed by atoms with E-state index >= 15 is 0 Å². The molecule has 1 atom stereocenters. The van der Waals surface area contributed by atoms with Gasteiger partial charge >= 0.3 is 0 Å². The first-order chi connectivity index (χ1) is 14.2. The zero-order valence-corrected chi connectivity index (χ0v) is 18.0. The number of benzene rings is 2. The fourth-order valence-electron chi connectivity index (χ4n) is 3.19. The molecule has 2 aromatic carbocycles. The molecule has 0 fully saturated rings. The summed E-state index contributed by atoms with van der Waals surface area (Å²) in [6.45, 7) is 1.36. The summed E-state index contributed by atoms with van der Waals surface area (Å²) in [5.74, 6) is -0.397. The standard InChI is InChI=1S/C20H23N3O5S2/c1-15(14-21)23(12-13-29(25,26)16-6-3-2-4-7-16)30(27,28)19-9-5-8-18-17(19)10-11-22-20(18)24/h2-11,15H,12-14,21H2,1H3,(H,22,24). The van der Waals surface area contributed by atoms with E-state index in [0.29, 0.717) is 0 Å². The topological polar surface area (TPSA) is 130 Å². The van der Waals surface area contributed by atoms with Crippen molar-refractivity contribution < 1.29 is 16.8 Å². The number of nitrogens with zero attached hydrogens (tertiary/aromatic N) is 1. The third-order valence-corrected chi connectivity index (χ3v) is 8.66. The van der Waals surface area contributed by atoms with Gasteiger partial charge in [-0.2, -0.15) is 4.31 Å². The Labute approximate surface area is 175 Å². The molecule has 10 heteroatoms. The van der Waals surface area contributed by atoms with E-state index in [4.69, 9.17) is 5.73 Å². The van der Waals surface area contributed by atoms with Gasteiger partial charge in [-0.3, -0.25) is 4.79 Å². The lowest BCUT2D eigenvalue weighted by Gasteiger charge is -2.28. The van der Waals surface area contributed by atoms with Crippen molar-refractivity contribution in [2.24, 2.45) is 5.73 Å². The first-order valence-electron chi connectivity index (χ1n) is 9.28. The van der Waals surface area contributed by atoms with Crippen LogP contribution in [0, 0.1) is 0 Å². The number of fused-ring (bicyclic) bond motifs is 1. The number of sulfone groups is 1. The molecule has 1 aromatic heterocycles. The highest BCUT2D eigenvalue weighted by Crippen LogP contribution is 2.25. The van der Waals surface area contributed by atoms with Gasteiger partial charge in [-0.25, -0.2) is 16.8 Å². The van der Waals surface area contributed by atoms with Gasteiger partial charge in [-0.15, -0.1) is 0 Å². The molecule has 3 rings (SSSR count). The van der Waals surface area contributed by atoms with Crippen LogP contribution < -0.4 is 11.3 Å². The molecule has 0 saturated heterocycles. The number of nitrogens with one attached hydrogen (secondary N) is 1. The van der Waals surface area contributed by atoms with Crippen LogP contribution in [-0.4, -0.2) is 51.0 Å². The molecular formula is C20H23N3O5S2. The summed E-state index contributed by atoms with van der Waals surface area (Å²) in [7, 11) is -7.81. The number of nitrogens with two attached hydrogens (primary N) is 1. The highest BCUT2D eigenvalue weighted by molar-refractivity contribution is 7.91. The largest absolute Gasteiger partial charge is 0.329 e. The van der Waals surface area contributed by atoms with Crippen LogP contribution in [0.15, 0.2) is 75.4 Å². The van der Waals surface area contributed by atoms with E-state index in [1.807, 2.05) is 0 Å². The number of aromatic nitrogens is 1. The Morgan fingerprint density at radius 3 is 2.33 bits per heavy atom. The Hall–Kier alpha value is -2.53. The Morgan fingerprint density at radius 1 is 0.967 bits per heavy atom. The lowest BCUT2D eigenvalue weighted by molar-refractivity contribution is 0.356. The molecular weight excluding hydrogens is 426 g/mol.